The Morgan fingerprint density at radius 2 is 2.35 bits per heavy atom. The molecule has 0 amide bonds. The van der Waals surface area contributed by atoms with Crippen LogP contribution in [0.3, 0.4) is 0 Å². The summed E-state index contributed by atoms with van der Waals surface area (Å²) in [5.41, 5.74) is -0.131. The Balaban J connectivity index is 1.69. The van der Waals surface area contributed by atoms with E-state index in [1.165, 1.54) is 0 Å². The highest BCUT2D eigenvalue weighted by Crippen LogP contribution is 2.24. The van der Waals surface area contributed by atoms with E-state index in [2.05, 4.69) is 35.8 Å². The van der Waals surface area contributed by atoms with E-state index < -0.39 is 0 Å². The summed E-state index contributed by atoms with van der Waals surface area (Å²) in [6.07, 6.45) is 0.221. The number of hydrogen-bond donors (Lipinski definition) is 0. The summed E-state index contributed by atoms with van der Waals surface area (Å²) in [5.74, 6) is 1.34. The molecule has 1 atom stereocenters. The molecule has 0 aliphatic carbocycles. The van der Waals surface area contributed by atoms with E-state index in [1.807, 2.05) is 17.5 Å². The number of hydrogen-bond acceptors (Lipinski definition) is 6. The quantitative estimate of drug-likeness (QED) is 0.871. The molecule has 0 bridgehead atoms. The predicted octanol–water partition coefficient (Wildman–Crippen LogP) is 2.80. The largest absolute Gasteiger partial charge is 0.370 e. The van der Waals surface area contributed by atoms with E-state index in [9.17, 15) is 0 Å². The SMILES string of the molecule is C[C@H]1CN(Cc2nc(-c3cccs3)no2)CC(C)(C)O1. The average molecular weight is 293 g/mol. The Kier molecular flexibility index (Phi) is 3.62. The summed E-state index contributed by atoms with van der Waals surface area (Å²) in [6.45, 7) is 8.75. The van der Waals surface area contributed by atoms with Crippen molar-refractivity contribution in [2.75, 3.05) is 13.1 Å². The lowest BCUT2D eigenvalue weighted by Crippen LogP contribution is -2.51. The minimum atomic E-state index is -0.131. The number of morpholine rings is 1. The Morgan fingerprint density at radius 3 is 3.05 bits per heavy atom. The van der Waals surface area contributed by atoms with Crippen molar-refractivity contribution in [3.05, 3.63) is 23.4 Å². The third kappa shape index (κ3) is 3.08. The lowest BCUT2D eigenvalue weighted by molar-refractivity contribution is -0.132. The van der Waals surface area contributed by atoms with Crippen LogP contribution in [0.15, 0.2) is 22.0 Å². The van der Waals surface area contributed by atoms with Crippen LogP contribution >= 0.6 is 11.3 Å². The van der Waals surface area contributed by atoms with Gasteiger partial charge in [-0.25, -0.2) is 0 Å². The normalized spacial score (nSPS) is 23.1. The van der Waals surface area contributed by atoms with Crippen molar-refractivity contribution in [1.29, 1.82) is 0 Å². The monoisotopic (exact) mass is 293 g/mol. The van der Waals surface area contributed by atoms with Crippen LogP contribution in [0.25, 0.3) is 10.7 Å². The number of rotatable bonds is 3. The molecule has 1 saturated heterocycles. The molecule has 3 rings (SSSR count). The van der Waals surface area contributed by atoms with Crippen molar-refractivity contribution in [1.82, 2.24) is 15.0 Å². The van der Waals surface area contributed by atoms with Crippen LogP contribution < -0.4 is 0 Å². The van der Waals surface area contributed by atoms with Crippen molar-refractivity contribution >= 4 is 11.3 Å². The summed E-state index contributed by atoms with van der Waals surface area (Å²) in [6, 6.07) is 3.99. The van der Waals surface area contributed by atoms with Gasteiger partial charge in [0.15, 0.2) is 0 Å². The highest BCUT2D eigenvalue weighted by molar-refractivity contribution is 7.13. The molecule has 20 heavy (non-hydrogen) atoms. The van der Waals surface area contributed by atoms with Gasteiger partial charge in [-0.05, 0) is 32.2 Å². The molecule has 6 heteroatoms. The molecule has 0 radical (unpaired) electrons. The van der Waals surface area contributed by atoms with Crippen LogP contribution in [0, 0.1) is 0 Å². The second-order valence-corrected chi connectivity index (χ2v) is 6.79. The van der Waals surface area contributed by atoms with E-state index in [-0.39, 0.29) is 11.7 Å². The summed E-state index contributed by atoms with van der Waals surface area (Å²) in [4.78, 5) is 7.81. The molecule has 0 unspecified atom stereocenters. The third-order valence-electron chi connectivity index (χ3n) is 3.21. The topological polar surface area (TPSA) is 51.4 Å². The minimum absolute atomic E-state index is 0.131. The van der Waals surface area contributed by atoms with Gasteiger partial charge in [0.25, 0.3) is 0 Å². The Bertz CT molecular complexity index is 565. The molecule has 2 aromatic heterocycles. The van der Waals surface area contributed by atoms with Gasteiger partial charge < -0.3 is 9.26 Å². The molecular formula is C14H19N3O2S. The molecule has 1 aliphatic rings. The van der Waals surface area contributed by atoms with Gasteiger partial charge in [-0.2, -0.15) is 4.98 Å². The second-order valence-electron chi connectivity index (χ2n) is 5.85. The number of thiophene rings is 1. The van der Waals surface area contributed by atoms with Crippen molar-refractivity contribution in [3.8, 4) is 10.7 Å². The first-order chi connectivity index (χ1) is 9.52. The number of nitrogens with zero attached hydrogens (tertiary/aromatic N) is 3. The van der Waals surface area contributed by atoms with Crippen LogP contribution in [-0.2, 0) is 11.3 Å². The first-order valence-corrected chi connectivity index (χ1v) is 7.66. The van der Waals surface area contributed by atoms with Gasteiger partial charge in [-0.1, -0.05) is 11.2 Å². The average Bonchev–Trinajstić information content (AvgIpc) is 2.94. The molecule has 0 N–H and O–H groups in total. The van der Waals surface area contributed by atoms with Crippen molar-refractivity contribution < 1.29 is 9.26 Å². The van der Waals surface area contributed by atoms with Gasteiger partial charge in [0.05, 0.1) is 23.1 Å². The lowest BCUT2D eigenvalue weighted by Gasteiger charge is -2.41. The van der Waals surface area contributed by atoms with Crippen molar-refractivity contribution in [3.63, 3.8) is 0 Å². The Morgan fingerprint density at radius 1 is 1.50 bits per heavy atom. The predicted molar refractivity (Wildman–Crippen MR) is 77.5 cm³/mol. The summed E-state index contributed by atoms with van der Waals surface area (Å²) >= 11 is 1.62. The maximum atomic E-state index is 5.90. The van der Waals surface area contributed by atoms with Gasteiger partial charge in [0.1, 0.15) is 0 Å². The fourth-order valence-electron chi connectivity index (χ4n) is 2.72. The molecule has 0 spiro atoms. The first-order valence-electron chi connectivity index (χ1n) is 6.78. The number of ether oxygens (including phenoxy) is 1. The summed E-state index contributed by atoms with van der Waals surface area (Å²) in [7, 11) is 0. The minimum Gasteiger partial charge on any atom is -0.370 e. The van der Waals surface area contributed by atoms with Crippen LogP contribution in [0.1, 0.15) is 26.7 Å². The van der Waals surface area contributed by atoms with Crippen molar-refractivity contribution in [2.45, 2.75) is 39.0 Å². The molecule has 3 heterocycles. The fourth-order valence-corrected chi connectivity index (χ4v) is 3.37. The lowest BCUT2D eigenvalue weighted by atomic mass is 10.1. The van der Waals surface area contributed by atoms with Crippen LogP contribution in [0.5, 0.6) is 0 Å². The standard InChI is InChI=1S/C14H19N3O2S/c1-10-7-17(9-14(2,3)18-10)8-12-15-13(16-19-12)11-5-4-6-20-11/h4-6,10H,7-9H2,1-3H3/t10-/m0/s1. The van der Waals surface area contributed by atoms with Crippen molar-refractivity contribution in [2.24, 2.45) is 0 Å². The first kappa shape index (κ1) is 13.7. The van der Waals surface area contributed by atoms with Crippen LogP contribution in [-0.4, -0.2) is 39.8 Å². The van der Waals surface area contributed by atoms with Crippen LogP contribution in [0.2, 0.25) is 0 Å². The Labute approximate surface area is 122 Å². The van der Waals surface area contributed by atoms with E-state index in [4.69, 9.17) is 9.26 Å². The highest BCUT2D eigenvalue weighted by Gasteiger charge is 2.32. The van der Waals surface area contributed by atoms with Gasteiger partial charge in [-0.15, -0.1) is 11.3 Å². The van der Waals surface area contributed by atoms with E-state index in [0.29, 0.717) is 18.3 Å². The van der Waals surface area contributed by atoms with Crippen LogP contribution in [0.4, 0.5) is 0 Å². The smallest absolute Gasteiger partial charge is 0.241 e. The molecule has 1 aliphatic heterocycles. The maximum Gasteiger partial charge on any atom is 0.241 e. The fraction of sp³-hybridized carbons (Fsp3) is 0.571. The molecule has 0 aromatic carbocycles. The van der Waals surface area contributed by atoms with E-state index in [1.54, 1.807) is 11.3 Å². The zero-order chi connectivity index (χ0) is 14.2. The highest BCUT2D eigenvalue weighted by atomic mass is 32.1. The summed E-state index contributed by atoms with van der Waals surface area (Å²) in [5, 5.41) is 6.06. The zero-order valence-corrected chi connectivity index (χ0v) is 12.8. The summed E-state index contributed by atoms with van der Waals surface area (Å²) < 4.78 is 11.3. The molecule has 0 saturated carbocycles. The van der Waals surface area contributed by atoms with E-state index in [0.717, 1.165) is 18.0 Å². The third-order valence-corrected chi connectivity index (χ3v) is 4.07. The van der Waals surface area contributed by atoms with E-state index >= 15 is 0 Å². The zero-order valence-electron chi connectivity index (χ0n) is 12.0. The molecule has 5 nitrogen and oxygen atoms in total. The molecular weight excluding hydrogens is 274 g/mol. The van der Waals surface area contributed by atoms with Gasteiger partial charge in [-0.3, -0.25) is 4.90 Å². The number of aromatic nitrogens is 2. The van der Waals surface area contributed by atoms with Gasteiger partial charge >= 0.3 is 0 Å². The molecule has 1 fully saturated rings. The van der Waals surface area contributed by atoms with Gasteiger partial charge in [0.2, 0.25) is 11.7 Å². The maximum absolute atomic E-state index is 5.90. The molecule has 2 aromatic rings. The Hall–Kier alpha value is -1.24. The second kappa shape index (κ2) is 5.27. The van der Waals surface area contributed by atoms with Gasteiger partial charge in [0, 0.05) is 13.1 Å². The molecule has 108 valence electrons.